The van der Waals surface area contributed by atoms with Crippen LogP contribution in [0.1, 0.15) is 24.1 Å². The third-order valence-corrected chi connectivity index (χ3v) is 3.72. The van der Waals surface area contributed by atoms with E-state index in [2.05, 4.69) is 5.16 Å². The fraction of sp³-hybridized carbons (Fsp3) is 0.294. The van der Waals surface area contributed by atoms with Crippen LogP contribution in [0.15, 0.2) is 34.9 Å². The van der Waals surface area contributed by atoms with Crippen LogP contribution >= 0.6 is 0 Å². The molecule has 0 atom stereocenters. The number of aromatic nitrogens is 1. The molecule has 0 unspecified atom stereocenters. The summed E-state index contributed by atoms with van der Waals surface area (Å²) >= 11 is 0. The minimum atomic E-state index is -0.654. The average Bonchev–Trinajstić information content (AvgIpc) is 3.16. The van der Waals surface area contributed by atoms with Crippen LogP contribution in [0.4, 0.5) is 0 Å². The number of amides is 2. The second-order valence-electron chi connectivity index (χ2n) is 5.58. The van der Waals surface area contributed by atoms with Crippen molar-refractivity contribution in [2.75, 3.05) is 6.54 Å². The summed E-state index contributed by atoms with van der Waals surface area (Å²) in [5, 5.41) is 3.85. The van der Waals surface area contributed by atoms with Crippen LogP contribution in [0.3, 0.4) is 0 Å². The maximum Gasteiger partial charge on any atom is 0.326 e. The zero-order chi connectivity index (χ0) is 17.1. The highest BCUT2D eigenvalue weighted by atomic mass is 16.5. The van der Waals surface area contributed by atoms with E-state index in [1.807, 2.05) is 31.2 Å². The maximum atomic E-state index is 11.8. The van der Waals surface area contributed by atoms with Gasteiger partial charge in [-0.05, 0) is 6.92 Å². The van der Waals surface area contributed by atoms with Crippen molar-refractivity contribution in [3.63, 3.8) is 0 Å². The topological polar surface area (TPSA) is 89.7 Å². The zero-order valence-corrected chi connectivity index (χ0v) is 13.2. The fourth-order valence-corrected chi connectivity index (χ4v) is 2.36. The maximum absolute atomic E-state index is 11.8. The molecule has 124 valence electrons. The number of hydrogen-bond donors (Lipinski definition) is 0. The van der Waals surface area contributed by atoms with E-state index in [1.165, 1.54) is 0 Å². The Morgan fingerprint density at radius 2 is 1.88 bits per heavy atom. The Bertz CT molecular complexity index is 763. The first-order valence-corrected chi connectivity index (χ1v) is 7.54. The lowest BCUT2D eigenvalue weighted by Gasteiger charge is -2.12. The lowest BCUT2D eigenvalue weighted by molar-refractivity contribution is -0.153. The van der Waals surface area contributed by atoms with E-state index in [1.54, 1.807) is 6.07 Å². The van der Waals surface area contributed by atoms with E-state index in [-0.39, 0.29) is 37.8 Å². The second kappa shape index (κ2) is 6.66. The zero-order valence-electron chi connectivity index (χ0n) is 13.2. The van der Waals surface area contributed by atoms with E-state index >= 15 is 0 Å². The third kappa shape index (κ3) is 3.51. The largest absolute Gasteiger partial charge is 0.458 e. The molecule has 0 radical (unpaired) electrons. The molecular formula is C17H16N2O5. The molecule has 0 spiro atoms. The third-order valence-electron chi connectivity index (χ3n) is 3.72. The van der Waals surface area contributed by atoms with Crippen LogP contribution < -0.4 is 0 Å². The molecule has 1 saturated heterocycles. The number of rotatable bonds is 5. The minimum absolute atomic E-state index is 0.0790. The van der Waals surface area contributed by atoms with Crippen molar-refractivity contribution < 1.29 is 23.6 Å². The van der Waals surface area contributed by atoms with Crippen molar-refractivity contribution in [1.82, 2.24) is 10.1 Å². The Labute approximate surface area is 138 Å². The van der Waals surface area contributed by atoms with Gasteiger partial charge in [0.25, 0.3) is 0 Å². The van der Waals surface area contributed by atoms with Gasteiger partial charge in [0.15, 0.2) is 5.76 Å². The first kappa shape index (κ1) is 15.9. The summed E-state index contributed by atoms with van der Waals surface area (Å²) in [4.78, 5) is 35.6. The van der Waals surface area contributed by atoms with Crippen molar-refractivity contribution >= 4 is 17.8 Å². The molecule has 1 aliphatic heterocycles. The van der Waals surface area contributed by atoms with Crippen molar-refractivity contribution in [2.24, 2.45) is 0 Å². The van der Waals surface area contributed by atoms with Crippen LogP contribution in [0.25, 0.3) is 11.3 Å². The van der Waals surface area contributed by atoms with Gasteiger partial charge in [-0.1, -0.05) is 35.0 Å². The van der Waals surface area contributed by atoms with E-state index in [0.717, 1.165) is 16.0 Å². The van der Waals surface area contributed by atoms with Gasteiger partial charge >= 0.3 is 5.97 Å². The Hall–Kier alpha value is -2.96. The van der Waals surface area contributed by atoms with Gasteiger partial charge in [-0.15, -0.1) is 0 Å². The molecule has 2 amide bonds. The number of benzene rings is 1. The van der Waals surface area contributed by atoms with Crippen LogP contribution in [0.5, 0.6) is 0 Å². The first-order valence-electron chi connectivity index (χ1n) is 7.54. The highest BCUT2D eigenvalue weighted by Crippen LogP contribution is 2.21. The summed E-state index contributed by atoms with van der Waals surface area (Å²) in [6, 6.07) is 9.43. The van der Waals surface area contributed by atoms with Gasteiger partial charge in [0.05, 0.1) is 0 Å². The summed E-state index contributed by atoms with van der Waals surface area (Å²) in [5.41, 5.74) is 2.47. The lowest BCUT2D eigenvalue weighted by Crippen LogP contribution is -2.35. The van der Waals surface area contributed by atoms with E-state index in [0.29, 0.717) is 11.5 Å². The Morgan fingerprint density at radius 1 is 1.21 bits per heavy atom. The summed E-state index contributed by atoms with van der Waals surface area (Å²) in [6.07, 6.45) is 0.296. The Morgan fingerprint density at radius 3 is 2.54 bits per heavy atom. The van der Waals surface area contributed by atoms with Gasteiger partial charge in [-0.3, -0.25) is 19.3 Å². The predicted octanol–water partition coefficient (Wildman–Crippen LogP) is 1.84. The molecule has 2 aromatic rings. The molecule has 7 nitrogen and oxygen atoms in total. The van der Waals surface area contributed by atoms with Crippen molar-refractivity contribution in [3.8, 4) is 11.3 Å². The Kier molecular flexibility index (Phi) is 4.41. The standard InChI is InChI=1S/C17H16N2O5/c1-11-2-4-12(5-3-11)14-8-13(18-24-14)10-23-17(22)9-19-15(20)6-7-16(19)21/h2-5,8H,6-7,9-10H2,1H3. The van der Waals surface area contributed by atoms with E-state index in [9.17, 15) is 14.4 Å². The molecule has 0 aliphatic carbocycles. The SMILES string of the molecule is Cc1ccc(-c2cc(COC(=O)CN3C(=O)CCC3=O)no2)cc1. The molecule has 2 heterocycles. The van der Waals surface area contributed by atoms with Crippen LogP contribution in [0, 0.1) is 6.92 Å². The van der Waals surface area contributed by atoms with Crippen LogP contribution in [-0.2, 0) is 25.7 Å². The quantitative estimate of drug-likeness (QED) is 0.614. The second-order valence-corrected chi connectivity index (χ2v) is 5.58. The number of esters is 1. The number of ether oxygens (including phenoxy) is 1. The fourth-order valence-electron chi connectivity index (χ4n) is 2.36. The molecule has 0 bridgehead atoms. The Balaban J connectivity index is 1.55. The number of hydrogen-bond acceptors (Lipinski definition) is 6. The number of carbonyl (C=O) groups is 3. The van der Waals surface area contributed by atoms with Crippen molar-refractivity contribution in [2.45, 2.75) is 26.4 Å². The van der Waals surface area contributed by atoms with Crippen LogP contribution in [0.2, 0.25) is 0 Å². The molecular weight excluding hydrogens is 312 g/mol. The highest BCUT2D eigenvalue weighted by molar-refractivity contribution is 6.04. The normalized spacial score (nSPS) is 14.3. The van der Waals surface area contributed by atoms with Gasteiger partial charge < -0.3 is 9.26 Å². The molecule has 24 heavy (non-hydrogen) atoms. The van der Waals surface area contributed by atoms with Crippen molar-refractivity contribution in [1.29, 1.82) is 0 Å². The van der Waals surface area contributed by atoms with Crippen molar-refractivity contribution in [3.05, 3.63) is 41.6 Å². The first-order chi connectivity index (χ1) is 11.5. The number of aryl methyl sites for hydroxylation is 1. The van der Waals surface area contributed by atoms with Gasteiger partial charge in [0, 0.05) is 24.5 Å². The summed E-state index contributed by atoms with van der Waals surface area (Å²) in [7, 11) is 0. The van der Waals surface area contributed by atoms with E-state index in [4.69, 9.17) is 9.26 Å². The lowest BCUT2D eigenvalue weighted by atomic mass is 10.1. The number of carbonyl (C=O) groups excluding carboxylic acids is 3. The monoisotopic (exact) mass is 328 g/mol. The molecule has 0 N–H and O–H groups in total. The van der Waals surface area contributed by atoms with Gasteiger partial charge in [0.1, 0.15) is 18.8 Å². The smallest absolute Gasteiger partial charge is 0.326 e. The molecule has 7 heteroatoms. The van der Waals surface area contributed by atoms with Gasteiger partial charge in [-0.25, -0.2) is 0 Å². The number of likely N-dealkylation sites (tertiary alicyclic amines) is 1. The highest BCUT2D eigenvalue weighted by Gasteiger charge is 2.30. The van der Waals surface area contributed by atoms with Crippen LogP contribution in [-0.4, -0.2) is 34.4 Å². The summed E-state index contributed by atoms with van der Waals surface area (Å²) < 4.78 is 10.3. The summed E-state index contributed by atoms with van der Waals surface area (Å²) in [6.45, 7) is 1.55. The average molecular weight is 328 g/mol. The molecule has 1 fully saturated rings. The number of nitrogens with zero attached hydrogens (tertiary/aromatic N) is 2. The summed E-state index contributed by atoms with van der Waals surface area (Å²) in [5.74, 6) is -0.774. The predicted molar refractivity (Wildman–Crippen MR) is 82.4 cm³/mol. The van der Waals surface area contributed by atoms with E-state index < -0.39 is 5.97 Å². The number of imide groups is 1. The van der Waals surface area contributed by atoms with Gasteiger partial charge in [0.2, 0.25) is 11.8 Å². The molecule has 1 aromatic heterocycles. The minimum Gasteiger partial charge on any atom is -0.458 e. The molecule has 0 saturated carbocycles. The molecule has 3 rings (SSSR count). The van der Waals surface area contributed by atoms with Gasteiger partial charge in [-0.2, -0.15) is 0 Å². The molecule has 1 aliphatic rings. The molecule has 1 aromatic carbocycles.